The first-order chi connectivity index (χ1) is 15.5. The van der Waals surface area contributed by atoms with E-state index in [1.807, 2.05) is 22.7 Å². The molecule has 4 rings (SSSR count). The number of rotatable bonds is 7. The molecule has 1 saturated heterocycles. The summed E-state index contributed by atoms with van der Waals surface area (Å²) in [5.41, 5.74) is 4.70. The minimum atomic E-state index is -0.461. The number of amides is 1. The van der Waals surface area contributed by atoms with Crippen LogP contribution in [0.4, 0.5) is 0 Å². The first-order valence-electron chi connectivity index (χ1n) is 12.2. The molecule has 0 bridgehead atoms. The van der Waals surface area contributed by atoms with E-state index in [1.54, 1.807) is 0 Å². The van der Waals surface area contributed by atoms with Gasteiger partial charge in [-0.3, -0.25) is 14.4 Å². The molecule has 1 saturated carbocycles. The second-order valence-corrected chi connectivity index (χ2v) is 9.30. The number of nitrogens with zero attached hydrogens (tertiary/aromatic N) is 4. The van der Waals surface area contributed by atoms with Crippen LogP contribution in [0.3, 0.4) is 0 Å². The van der Waals surface area contributed by atoms with Crippen molar-refractivity contribution in [3.8, 4) is 0 Å². The fourth-order valence-corrected chi connectivity index (χ4v) is 5.57. The molecule has 6 nitrogen and oxygen atoms in total. The number of likely N-dealkylation sites (N-methyl/N-ethyl adjacent to an activating group) is 1. The lowest BCUT2D eigenvalue weighted by Gasteiger charge is -2.44. The smallest absolute Gasteiger partial charge is 0.253 e. The summed E-state index contributed by atoms with van der Waals surface area (Å²) >= 11 is 0. The third-order valence-corrected chi connectivity index (χ3v) is 7.37. The maximum Gasteiger partial charge on any atom is 0.253 e. The molecule has 2 fully saturated rings. The highest BCUT2D eigenvalue weighted by Crippen LogP contribution is 2.36. The van der Waals surface area contributed by atoms with Crippen LogP contribution in [0.2, 0.25) is 0 Å². The Kier molecular flexibility index (Phi) is 7.31. The fourth-order valence-electron chi connectivity index (χ4n) is 5.57. The number of hydrogen-bond acceptors (Lipinski definition) is 4. The third kappa shape index (κ3) is 4.62. The van der Waals surface area contributed by atoms with Gasteiger partial charge in [-0.15, -0.1) is 0 Å². The Labute approximate surface area is 192 Å². The second kappa shape index (κ2) is 10.2. The molecule has 0 N–H and O–H groups in total. The predicted molar refractivity (Wildman–Crippen MR) is 127 cm³/mol. The predicted octanol–water partition coefficient (Wildman–Crippen LogP) is 3.91. The van der Waals surface area contributed by atoms with E-state index in [4.69, 9.17) is 4.74 Å². The number of morpholine rings is 1. The zero-order chi connectivity index (χ0) is 22.7. The summed E-state index contributed by atoms with van der Waals surface area (Å²) in [7, 11) is 1.91. The fraction of sp³-hybridized carbons (Fsp3) is 0.615. The number of carbonyl (C=O) groups is 1. The van der Waals surface area contributed by atoms with Gasteiger partial charge in [-0.1, -0.05) is 43.2 Å². The number of ether oxygens (including phenoxy) is 1. The maximum absolute atomic E-state index is 13.6. The Balaban J connectivity index is 1.52. The van der Waals surface area contributed by atoms with E-state index >= 15 is 0 Å². The van der Waals surface area contributed by atoms with E-state index in [2.05, 4.69) is 55.0 Å². The molecule has 1 aliphatic carbocycles. The normalized spacial score (nSPS) is 22.4. The molecule has 0 radical (unpaired) electrons. The topological polar surface area (TPSA) is 50.6 Å². The molecule has 2 atom stereocenters. The lowest BCUT2D eigenvalue weighted by Crippen LogP contribution is -2.54. The van der Waals surface area contributed by atoms with Gasteiger partial charge in [0.05, 0.1) is 18.3 Å². The van der Waals surface area contributed by atoms with E-state index in [-0.39, 0.29) is 11.9 Å². The molecular weight excluding hydrogens is 400 g/mol. The molecule has 1 amide bonds. The largest absolute Gasteiger partial charge is 0.365 e. The molecule has 0 spiro atoms. The van der Waals surface area contributed by atoms with E-state index in [0.717, 1.165) is 25.2 Å². The minimum Gasteiger partial charge on any atom is -0.365 e. The lowest BCUT2D eigenvalue weighted by atomic mass is 9.94. The van der Waals surface area contributed by atoms with Gasteiger partial charge in [-0.25, -0.2) is 0 Å². The Morgan fingerprint density at radius 2 is 1.91 bits per heavy atom. The van der Waals surface area contributed by atoms with Crippen molar-refractivity contribution < 1.29 is 9.53 Å². The second-order valence-electron chi connectivity index (χ2n) is 9.30. The van der Waals surface area contributed by atoms with Crippen molar-refractivity contribution in [1.29, 1.82) is 0 Å². The summed E-state index contributed by atoms with van der Waals surface area (Å²) in [6.45, 7) is 9.34. The summed E-state index contributed by atoms with van der Waals surface area (Å²) < 4.78 is 8.23. The maximum atomic E-state index is 13.6. The van der Waals surface area contributed by atoms with Gasteiger partial charge in [0.25, 0.3) is 5.91 Å². The summed E-state index contributed by atoms with van der Waals surface area (Å²) in [4.78, 5) is 18.1. The zero-order valence-corrected chi connectivity index (χ0v) is 20.1. The Bertz CT molecular complexity index is 904. The Morgan fingerprint density at radius 3 is 2.56 bits per heavy atom. The first kappa shape index (κ1) is 23.0. The van der Waals surface area contributed by atoms with Crippen LogP contribution in [0.1, 0.15) is 61.2 Å². The van der Waals surface area contributed by atoms with Gasteiger partial charge < -0.3 is 9.64 Å². The number of benzene rings is 1. The average molecular weight is 439 g/mol. The Morgan fingerprint density at radius 1 is 1.19 bits per heavy atom. The van der Waals surface area contributed by atoms with E-state index < -0.39 is 6.10 Å². The van der Waals surface area contributed by atoms with Gasteiger partial charge in [-0.05, 0) is 51.2 Å². The molecule has 0 unspecified atom stereocenters. The van der Waals surface area contributed by atoms with Crippen molar-refractivity contribution >= 4 is 5.91 Å². The number of carbonyl (C=O) groups excluding carboxylic acids is 1. The van der Waals surface area contributed by atoms with E-state index in [0.29, 0.717) is 19.2 Å². The van der Waals surface area contributed by atoms with Crippen LogP contribution in [-0.4, -0.2) is 64.4 Å². The molecule has 2 heterocycles. The van der Waals surface area contributed by atoms with Gasteiger partial charge >= 0.3 is 0 Å². The minimum absolute atomic E-state index is 0.0192. The van der Waals surface area contributed by atoms with Gasteiger partial charge in [-0.2, -0.15) is 5.10 Å². The zero-order valence-electron chi connectivity index (χ0n) is 20.1. The lowest BCUT2D eigenvalue weighted by molar-refractivity contribution is -0.157. The van der Waals surface area contributed by atoms with Crippen molar-refractivity contribution in [3.05, 3.63) is 52.8 Å². The van der Waals surface area contributed by atoms with Gasteiger partial charge in [0, 0.05) is 38.4 Å². The molecule has 1 aliphatic heterocycles. The monoisotopic (exact) mass is 438 g/mol. The highest BCUT2D eigenvalue weighted by atomic mass is 16.5. The standard InChI is InChI=1S/C26H38N4O2/c1-5-30-20(3)23(19(2)27-30)15-16-28(4)26(31)25-24(21-11-7-6-8-12-21)29(17-18-32-25)22-13-9-10-14-22/h6-8,11-12,22,24-25H,5,9-10,13-18H2,1-4H3/t24-,25+/m0/s1. The molecule has 6 heteroatoms. The van der Waals surface area contributed by atoms with Crippen LogP contribution in [0, 0.1) is 13.8 Å². The van der Waals surface area contributed by atoms with E-state index in [9.17, 15) is 4.79 Å². The van der Waals surface area contributed by atoms with Crippen molar-refractivity contribution in [2.24, 2.45) is 0 Å². The third-order valence-electron chi connectivity index (χ3n) is 7.37. The van der Waals surface area contributed by atoms with Crippen LogP contribution < -0.4 is 0 Å². The van der Waals surface area contributed by atoms with Crippen LogP contribution >= 0.6 is 0 Å². The molecule has 2 aliphatic rings. The van der Waals surface area contributed by atoms with Crippen molar-refractivity contribution in [2.45, 2.75) is 77.6 Å². The van der Waals surface area contributed by atoms with E-state index in [1.165, 1.54) is 42.5 Å². The average Bonchev–Trinajstić information content (AvgIpc) is 3.45. The summed E-state index contributed by atoms with van der Waals surface area (Å²) in [5.74, 6) is 0.0831. The number of hydrogen-bond donors (Lipinski definition) is 0. The van der Waals surface area contributed by atoms with Crippen LogP contribution in [0.15, 0.2) is 30.3 Å². The van der Waals surface area contributed by atoms with Crippen molar-refractivity contribution in [3.63, 3.8) is 0 Å². The first-order valence-corrected chi connectivity index (χ1v) is 12.2. The van der Waals surface area contributed by atoms with Crippen LogP contribution in [0.25, 0.3) is 0 Å². The molecule has 1 aromatic carbocycles. The number of aromatic nitrogens is 2. The van der Waals surface area contributed by atoms with Gasteiger partial charge in [0.1, 0.15) is 0 Å². The molecule has 2 aromatic rings. The molecule has 1 aromatic heterocycles. The molecule has 32 heavy (non-hydrogen) atoms. The van der Waals surface area contributed by atoms with Crippen molar-refractivity contribution in [2.75, 3.05) is 26.7 Å². The summed E-state index contributed by atoms with van der Waals surface area (Å²) in [5, 5.41) is 4.63. The van der Waals surface area contributed by atoms with Crippen molar-refractivity contribution in [1.82, 2.24) is 19.6 Å². The Hall–Kier alpha value is -2.18. The van der Waals surface area contributed by atoms with Gasteiger partial charge in [0.2, 0.25) is 0 Å². The quantitative estimate of drug-likeness (QED) is 0.658. The molecular formula is C26H38N4O2. The van der Waals surface area contributed by atoms with Crippen LogP contribution in [0.5, 0.6) is 0 Å². The van der Waals surface area contributed by atoms with Gasteiger partial charge in [0.15, 0.2) is 6.10 Å². The summed E-state index contributed by atoms with van der Waals surface area (Å²) in [6, 6.07) is 11.0. The highest BCUT2D eigenvalue weighted by molar-refractivity contribution is 5.82. The SMILES string of the molecule is CCn1nc(C)c(CCN(C)C(=O)[C@@H]2OCCN(C3CCCC3)[C@H]2c2ccccc2)c1C. The summed E-state index contributed by atoms with van der Waals surface area (Å²) in [6.07, 6.45) is 5.37. The number of aryl methyl sites for hydroxylation is 2. The van der Waals surface area contributed by atoms with Crippen LogP contribution in [-0.2, 0) is 22.5 Å². The highest BCUT2D eigenvalue weighted by Gasteiger charge is 2.42. The molecule has 174 valence electrons.